The Bertz CT molecular complexity index is 1280. The predicted molar refractivity (Wildman–Crippen MR) is 129 cm³/mol. The first-order chi connectivity index (χ1) is 16.3. The van der Waals surface area contributed by atoms with Gasteiger partial charge < -0.3 is 5.32 Å². The van der Waals surface area contributed by atoms with Gasteiger partial charge in [0.05, 0.1) is 26.2 Å². The second-order valence-corrected chi connectivity index (χ2v) is 10.2. The van der Waals surface area contributed by atoms with Crippen LogP contribution in [0.5, 0.6) is 0 Å². The fraction of sp³-hybridized carbons (Fsp3) is 0.250. The van der Waals surface area contributed by atoms with E-state index in [0.29, 0.717) is 11.3 Å². The van der Waals surface area contributed by atoms with Gasteiger partial charge in [0.25, 0.3) is 11.4 Å². The van der Waals surface area contributed by atoms with Gasteiger partial charge in [0.15, 0.2) is 0 Å². The van der Waals surface area contributed by atoms with Gasteiger partial charge in [0.2, 0.25) is 0 Å². The quantitative estimate of drug-likeness (QED) is 0.239. The first-order valence-electron chi connectivity index (χ1n) is 10.7. The molecule has 34 heavy (non-hydrogen) atoms. The number of para-hydroxylation sites is 1. The average molecular weight is 500 g/mol. The molecular formula is C24H19ClFN3O4S. The third-order valence-corrected chi connectivity index (χ3v) is 8.69. The van der Waals surface area contributed by atoms with E-state index in [9.17, 15) is 24.6 Å². The smallest absolute Gasteiger partial charge is 0.282 e. The van der Waals surface area contributed by atoms with Crippen molar-refractivity contribution in [2.45, 2.75) is 33.9 Å². The Morgan fingerprint density at radius 3 is 2.44 bits per heavy atom. The number of nitrogens with zero attached hydrogens (tertiary/aromatic N) is 2. The zero-order valence-corrected chi connectivity index (χ0v) is 19.2. The Balaban J connectivity index is 1.55. The lowest BCUT2D eigenvalue weighted by atomic mass is 9.77. The number of anilines is 1. The molecule has 0 aromatic heterocycles. The van der Waals surface area contributed by atoms with Crippen molar-refractivity contribution >= 4 is 40.4 Å². The van der Waals surface area contributed by atoms with E-state index in [4.69, 9.17) is 11.6 Å². The predicted octanol–water partition coefficient (Wildman–Crippen LogP) is 6.68. The highest BCUT2D eigenvalue weighted by molar-refractivity contribution is 8.00. The summed E-state index contributed by atoms with van der Waals surface area (Å²) in [5.74, 6) is -0.588. The first-order valence-corrected chi connectivity index (χ1v) is 12.0. The molecular weight excluding hydrogens is 481 g/mol. The summed E-state index contributed by atoms with van der Waals surface area (Å²) in [6, 6.07) is 17.3. The maximum atomic E-state index is 13.6. The summed E-state index contributed by atoms with van der Waals surface area (Å²) in [5.41, 5.74) is 2.42. The van der Waals surface area contributed by atoms with Crippen LogP contribution in [-0.2, 0) is 0 Å². The van der Waals surface area contributed by atoms with E-state index in [1.165, 1.54) is 36.0 Å². The lowest BCUT2D eigenvalue weighted by Gasteiger charge is -2.38. The molecule has 2 aliphatic rings. The molecule has 3 aromatic rings. The van der Waals surface area contributed by atoms with Crippen molar-refractivity contribution in [3.63, 3.8) is 0 Å². The first kappa shape index (κ1) is 22.6. The van der Waals surface area contributed by atoms with Gasteiger partial charge >= 0.3 is 0 Å². The summed E-state index contributed by atoms with van der Waals surface area (Å²) in [5, 5.41) is 25.9. The van der Waals surface area contributed by atoms with E-state index in [-0.39, 0.29) is 40.3 Å². The number of benzene rings is 3. The molecule has 5 rings (SSSR count). The van der Waals surface area contributed by atoms with Gasteiger partial charge in [-0.15, -0.1) is 23.4 Å². The Labute approximate surface area is 203 Å². The highest BCUT2D eigenvalue weighted by Crippen LogP contribution is 2.58. The van der Waals surface area contributed by atoms with Crippen molar-refractivity contribution in [3.8, 4) is 0 Å². The van der Waals surface area contributed by atoms with Gasteiger partial charge in [-0.25, -0.2) is 4.39 Å². The monoisotopic (exact) mass is 499 g/mol. The van der Waals surface area contributed by atoms with E-state index >= 15 is 0 Å². The standard InChI is InChI=1S/C24H19ClFN3O4S/c25-23-21(34-20-4-2-1-3-19(20)29(32)33)12-17-22(23)16-11-15(28(30)31)9-10-18(16)27-24(17)13-5-7-14(26)8-6-13/h1-11,17,21-24,27H,12H2/t17-,21-,22+,23-,24-/m1/s1. The van der Waals surface area contributed by atoms with Crippen LogP contribution in [0.4, 0.5) is 21.5 Å². The zero-order valence-electron chi connectivity index (χ0n) is 17.6. The zero-order chi connectivity index (χ0) is 24.0. The highest BCUT2D eigenvalue weighted by atomic mass is 35.5. The van der Waals surface area contributed by atoms with Gasteiger partial charge in [-0.2, -0.15) is 0 Å². The molecule has 0 bridgehead atoms. The molecule has 7 nitrogen and oxygen atoms in total. The summed E-state index contributed by atoms with van der Waals surface area (Å²) >= 11 is 8.39. The second-order valence-electron chi connectivity index (χ2n) is 8.45. The van der Waals surface area contributed by atoms with E-state index in [0.717, 1.165) is 16.8 Å². The Morgan fingerprint density at radius 1 is 1.00 bits per heavy atom. The molecule has 174 valence electrons. The lowest BCUT2D eigenvalue weighted by molar-refractivity contribution is -0.387. The summed E-state index contributed by atoms with van der Waals surface area (Å²) in [4.78, 5) is 22.6. The third-order valence-electron chi connectivity index (χ3n) is 6.58. The molecule has 1 N–H and O–H groups in total. The van der Waals surface area contributed by atoms with E-state index < -0.39 is 15.2 Å². The molecule has 1 aliphatic carbocycles. The third kappa shape index (κ3) is 3.99. The molecule has 0 amide bonds. The van der Waals surface area contributed by atoms with Crippen LogP contribution in [0.15, 0.2) is 71.6 Å². The van der Waals surface area contributed by atoms with Crippen LogP contribution in [0.2, 0.25) is 0 Å². The van der Waals surface area contributed by atoms with Crippen LogP contribution < -0.4 is 5.32 Å². The second kappa shape index (κ2) is 8.88. The minimum Gasteiger partial charge on any atom is -0.378 e. The largest absolute Gasteiger partial charge is 0.378 e. The van der Waals surface area contributed by atoms with Crippen LogP contribution in [0.25, 0.3) is 0 Å². The minimum absolute atomic E-state index is 0.0156. The maximum absolute atomic E-state index is 13.6. The number of nitrogens with one attached hydrogen (secondary N) is 1. The van der Waals surface area contributed by atoms with E-state index in [2.05, 4.69) is 5.32 Å². The molecule has 3 aromatic carbocycles. The van der Waals surface area contributed by atoms with Gasteiger partial charge in [-0.1, -0.05) is 24.3 Å². The molecule has 0 unspecified atom stereocenters. The summed E-state index contributed by atoms with van der Waals surface area (Å²) in [7, 11) is 0. The Kier molecular flexibility index (Phi) is 5.91. The molecule has 0 saturated heterocycles. The molecule has 0 spiro atoms. The Morgan fingerprint density at radius 2 is 1.74 bits per heavy atom. The number of hydrogen-bond donors (Lipinski definition) is 1. The Hall–Kier alpha value is -3.17. The number of non-ortho nitro benzene ring substituents is 1. The molecule has 1 saturated carbocycles. The SMILES string of the molecule is O=[N+]([O-])c1ccc2c(c1)[C@@H]1[C@H](Cl)[C@H](Sc3ccccc3[N+](=O)[O-])C[C@H]1[C@@H](c1ccc(F)cc1)N2. The van der Waals surface area contributed by atoms with Crippen LogP contribution in [0.3, 0.4) is 0 Å². The van der Waals surface area contributed by atoms with Crippen molar-refractivity contribution in [1.82, 2.24) is 0 Å². The van der Waals surface area contributed by atoms with E-state index in [1.54, 1.807) is 42.5 Å². The summed E-state index contributed by atoms with van der Waals surface area (Å²) in [6.07, 6.45) is 0.632. The number of alkyl halides is 1. The summed E-state index contributed by atoms with van der Waals surface area (Å²) in [6.45, 7) is 0. The van der Waals surface area contributed by atoms with Crippen LogP contribution in [0.1, 0.15) is 29.5 Å². The molecule has 10 heteroatoms. The molecule has 1 heterocycles. The van der Waals surface area contributed by atoms with Crippen molar-refractivity contribution in [1.29, 1.82) is 0 Å². The normalized spacial score (nSPS) is 25.2. The molecule has 0 radical (unpaired) electrons. The molecule has 1 aliphatic heterocycles. The lowest BCUT2D eigenvalue weighted by Crippen LogP contribution is -2.31. The number of nitro groups is 2. The minimum atomic E-state index is -0.431. The van der Waals surface area contributed by atoms with Crippen molar-refractivity contribution in [3.05, 3.63) is 104 Å². The van der Waals surface area contributed by atoms with Gasteiger partial charge in [0, 0.05) is 35.1 Å². The van der Waals surface area contributed by atoms with Crippen molar-refractivity contribution in [2.24, 2.45) is 5.92 Å². The van der Waals surface area contributed by atoms with Gasteiger partial charge in [0.1, 0.15) is 5.82 Å². The topological polar surface area (TPSA) is 98.3 Å². The van der Waals surface area contributed by atoms with Crippen LogP contribution in [-0.4, -0.2) is 20.5 Å². The number of halogens is 2. The number of fused-ring (bicyclic) bond motifs is 3. The number of thioether (sulfide) groups is 1. The number of rotatable bonds is 5. The van der Waals surface area contributed by atoms with Gasteiger partial charge in [-0.05, 0) is 47.7 Å². The van der Waals surface area contributed by atoms with Gasteiger partial charge in [-0.3, -0.25) is 20.2 Å². The van der Waals surface area contributed by atoms with E-state index in [1.807, 2.05) is 0 Å². The summed E-state index contributed by atoms with van der Waals surface area (Å²) < 4.78 is 13.6. The number of hydrogen-bond acceptors (Lipinski definition) is 6. The average Bonchev–Trinajstić information content (AvgIpc) is 3.15. The van der Waals surface area contributed by atoms with Crippen molar-refractivity contribution in [2.75, 3.05) is 5.32 Å². The highest BCUT2D eigenvalue weighted by Gasteiger charge is 2.50. The fourth-order valence-corrected chi connectivity index (χ4v) is 7.03. The number of nitro benzene ring substituents is 2. The van der Waals surface area contributed by atoms with Crippen molar-refractivity contribution < 1.29 is 14.2 Å². The van der Waals surface area contributed by atoms with Crippen LogP contribution >= 0.6 is 23.4 Å². The molecule has 5 atom stereocenters. The van der Waals surface area contributed by atoms with Crippen LogP contribution in [0, 0.1) is 32.0 Å². The fourth-order valence-electron chi connectivity index (χ4n) is 5.09. The molecule has 1 fully saturated rings. The maximum Gasteiger partial charge on any atom is 0.282 e.